The van der Waals surface area contributed by atoms with Crippen LogP contribution in [0.1, 0.15) is 47.4 Å². The molecule has 5 N–H and O–H groups in total. The maximum Gasteiger partial charge on any atom is 0.255 e. The third-order valence-corrected chi connectivity index (χ3v) is 5.45. The molecule has 0 bridgehead atoms. The van der Waals surface area contributed by atoms with Crippen molar-refractivity contribution in [3.63, 3.8) is 0 Å². The lowest BCUT2D eigenvalue weighted by molar-refractivity contribution is -0.115. The van der Waals surface area contributed by atoms with Crippen LogP contribution in [0.5, 0.6) is 0 Å². The summed E-state index contributed by atoms with van der Waals surface area (Å²) >= 11 is 0. The molecular weight excluding hydrogens is 404 g/mol. The van der Waals surface area contributed by atoms with Crippen LogP contribution in [-0.2, 0) is 4.79 Å². The summed E-state index contributed by atoms with van der Waals surface area (Å²) in [7, 11) is 0. The number of nitrogen functional groups attached to an aromatic ring is 1. The quantitative estimate of drug-likeness (QED) is 0.356. The van der Waals surface area contributed by atoms with E-state index in [4.69, 9.17) is 5.73 Å². The van der Waals surface area contributed by atoms with Crippen molar-refractivity contribution in [2.75, 3.05) is 16.4 Å². The van der Waals surface area contributed by atoms with Crippen LogP contribution in [0.2, 0.25) is 0 Å². The van der Waals surface area contributed by atoms with E-state index in [0.29, 0.717) is 28.3 Å². The van der Waals surface area contributed by atoms with Crippen LogP contribution in [0.25, 0.3) is 0 Å². The van der Waals surface area contributed by atoms with Gasteiger partial charge in [-0.1, -0.05) is 18.2 Å². The van der Waals surface area contributed by atoms with Crippen molar-refractivity contribution in [3.8, 4) is 0 Å². The topological polar surface area (TPSA) is 117 Å². The van der Waals surface area contributed by atoms with Crippen LogP contribution in [0.15, 0.2) is 71.7 Å². The lowest BCUT2D eigenvalue weighted by Gasteiger charge is -2.12. The van der Waals surface area contributed by atoms with Crippen molar-refractivity contribution in [2.24, 2.45) is 4.99 Å². The number of nitrogens with one attached hydrogen (secondary N) is 2. The highest BCUT2D eigenvalue weighted by Gasteiger charge is 2.33. The Hall–Kier alpha value is -3.97. The van der Waals surface area contributed by atoms with Crippen molar-refractivity contribution < 1.29 is 14.7 Å². The fourth-order valence-electron chi connectivity index (χ4n) is 3.72. The van der Waals surface area contributed by atoms with Gasteiger partial charge in [0, 0.05) is 17.0 Å². The minimum Gasteiger partial charge on any atom is -0.397 e. The summed E-state index contributed by atoms with van der Waals surface area (Å²) in [5.74, 6) is -0.960. The number of aliphatic hydroxyl groups excluding tert-OH is 1. The molecule has 32 heavy (non-hydrogen) atoms. The molecule has 3 aromatic carbocycles. The van der Waals surface area contributed by atoms with Gasteiger partial charge in [0.25, 0.3) is 5.91 Å². The first-order valence-corrected chi connectivity index (χ1v) is 10.3. The number of anilines is 3. The van der Waals surface area contributed by atoms with Crippen molar-refractivity contribution in [1.82, 2.24) is 0 Å². The van der Waals surface area contributed by atoms with Crippen LogP contribution in [0.4, 0.5) is 22.7 Å². The van der Waals surface area contributed by atoms with Gasteiger partial charge in [-0.2, -0.15) is 0 Å². The van der Waals surface area contributed by atoms with E-state index < -0.39 is 12.0 Å². The molecule has 7 heteroatoms. The van der Waals surface area contributed by atoms with E-state index in [0.717, 1.165) is 16.8 Å². The first-order valence-electron chi connectivity index (χ1n) is 10.3. The van der Waals surface area contributed by atoms with Crippen LogP contribution in [0, 0.1) is 0 Å². The number of carbonyl (C=O) groups is 2. The zero-order valence-corrected chi connectivity index (χ0v) is 17.8. The number of benzene rings is 3. The maximum absolute atomic E-state index is 12.6. The Labute approximate surface area is 186 Å². The molecule has 7 nitrogen and oxygen atoms in total. The minimum atomic E-state index is -0.626. The Morgan fingerprint density at radius 3 is 2.53 bits per heavy atom. The van der Waals surface area contributed by atoms with E-state index in [-0.39, 0.29) is 11.8 Å². The molecule has 4 rings (SSSR count). The Morgan fingerprint density at radius 1 is 1.12 bits per heavy atom. The lowest BCUT2D eigenvalue weighted by Crippen LogP contribution is -2.18. The van der Waals surface area contributed by atoms with Crippen LogP contribution in [0.3, 0.4) is 0 Å². The second kappa shape index (κ2) is 8.64. The van der Waals surface area contributed by atoms with Crippen molar-refractivity contribution in [3.05, 3.63) is 83.4 Å². The van der Waals surface area contributed by atoms with Crippen LogP contribution in [-0.4, -0.2) is 22.6 Å². The Bertz CT molecular complexity index is 1220. The van der Waals surface area contributed by atoms with Gasteiger partial charge in [-0.15, -0.1) is 0 Å². The predicted molar refractivity (Wildman–Crippen MR) is 126 cm³/mol. The van der Waals surface area contributed by atoms with Gasteiger partial charge in [0.2, 0.25) is 5.91 Å². The molecule has 1 aliphatic rings. The summed E-state index contributed by atoms with van der Waals surface area (Å²) in [6, 6.07) is 19.3. The molecular formula is C25H24N4O3. The molecule has 1 heterocycles. The van der Waals surface area contributed by atoms with E-state index in [2.05, 4.69) is 15.6 Å². The second-order valence-electron chi connectivity index (χ2n) is 7.79. The Balaban J connectivity index is 1.54. The highest BCUT2D eigenvalue weighted by Crippen LogP contribution is 2.36. The summed E-state index contributed by atoms with van der Waals surface area (Å²) in [5.41, 5.74) is 10.9. The molecule has 162 valence electrons. The maximum atomic E-state index is 12.6. The zero-order valence-electron chi connectivity index (χ0n) is 17.8. The van der Waals surface area contributed by atoms with Gasteiger partial charge < -0.3 is 21.5 Å². The number of para-hydroxylation sites is 2. The Morgan fingerprint density at radius 2 is 1.84 bits per heavy atom. The minimum absolute atomic E-state index is 0.152. The van der Waals surface area contributed by atoms with Crippen molar-refractivity contribution in [2.45, 2.75) is 25.9 Å². The molecule has 0 aromatic heterocycles. The molecule has 1 aliphatic heterocycles. The predicted octanol–water partition coefficient (Wildman–Crippen LogP) is 4.40. The van der Waals surface area contributed by atoms with Gasteiger partial charge >= 0.3 is 0 Å². The summed E-state index contributed by atoms with van der Waals surface area (Å²) in [6.45, 7) is 3.49. The molecule has 0 radical (unpaired) electrons. The average molecular weight is 428 g/mol. The van der Waals surface area contributed by atoms with E-state index >= 15 is 0 Å². The van der Waals surface area contributed by atoms with Crippen molar-refractivity contribution >= 4 is 40.3 Å². The Kier molecular flexibility index (Phi) is 5.75. The van der Waals surface area contributed by atoms with Crippen LogP contribution < -0.4 is 16.4 Å². The second-order valence-corrected chi connectivity index (χ2v) is 7.79. The van der Waals surface area contributed by atoms with Gasteiger partial charge in [-0.05, 0) is 73.5 Å². The number of rotatable bonds is 5. The molecule has 0 saturated carbocycles. The third-order valence-electron chi connectivity index (χ3n) is 5.45. The van der Waals surface area contributed by atoms with Crippen LogP contribution >= 0.6 is 0 Å². The number of fused-ring (bicyclic) bond motifs is 1. The molecule has 2 unspecified atom stereocenters. The van der Waals surface area contributed by atoms with Gasteiger partial charge in [-0.3, -0.25) is 14.6 Å². The number of hydrogen-bond acceptors (Lipinski definition) is 5. The first-order chi connectivity index (χ1) is 15.3. The molecule has 0 saturated heterocycles. The van der Waals surface area contributed by atoms with Gasteiger partial charge in [0.05, 0.1) is 23.2 Å². The smallest absolute Gasteiger partial charge is 0.255 e. The highest BCUT2D eigenvalue weighted by atomic mass is 16.3. The number of hydrogen-bond donors (Lipinski definition) is 4. The van der Waals surface area contributed by atoms with E-state index in [1.54, 1.807) is 74.5 Å². The lowest BCUT2D eigenvalue weighted by atomic mass is 9.93. The van der Waals surface area contributed by atoms with Gasteiger partial charge in [0.1, 0.15) is 5.92 Å². The fourth-order valence-corrected chi connectivity index (χ4v) is 3.72. The van der Waals surface area contributed by atoms with E-state index in [9.17, 15) is 14.7 Å². The number of amides is 2. The third kappa shape index (κ3) is 4.24. The molecule has 0 fully saturated rings. The summed E-state index contributed by atoms with van der Waals surface area (Å²) in [6.07, 6.45) is -0.626. The highest BCUT2D eigenvalue weighted by molar-refractivity contribution is 6.18. The van der Waals surface area contributed by atoms with E-state index in [1.807, 2.05) is 6.07 Å². The number of aliphatic hydroxyl groups is 1. The molecule has 2 amide bonds. The number of carbonyl (C=O) groups excluding carboxylic acids is 2. The fraction of sp³-hybridized carbons (Fsp3) is 0.160. The largest absolute Gasteiger partial charge is 0.397 e. The van der Waals surface area contributed by atoms with Gasteiger partial charge in [0.15, 0.2) is 0 Å². The van der Waals surface area contributed by atoms with Crippen molar-refractivity contribution in [1.29, 1.82) is 0 Å². The monoisotopic (exact) mass is 428 g/mol. The number of aliphatic imine (C=N–C) groups is 1. The van der Waals surface area contributed by atoms with E-state index in [1.165, 1.54) is 0 Å². The molecule has 0 aliphatic carbocycles. The SMILES string of the molecule is CC(=Nc1ccc(C(=O)Nc2ccccc2N)cc1)C1C(=O)Nc2ccc(C(C)O)cc21. The molecule has 2 atom stereocenters. The molecule has 0 spiro atoms. The standard InChI is InChI=1S/C25H24N4O3/c1-14(23-19-13-17(15(2)30)9-12-21(19)28-25(23)32)27-18-10-7-16(8-11-18)24(31)29-22-6-4-3-5-20(22)26/h3-13,15,23,30H,26H2,1-2H3,(H,28,32)(H,29,31). The molecule has 3 aromatic rings. The normalized spacial score (nSPS) is 16.3. The van der Waals surface area contributed by atoms with Gasteiger partial charge in [-0.25, -0.2) is 0 Å². The number of nitrogens with zero attached hydrogens (tertiary/aromatic N) is 1. The number of nitrogens with two attached hydrogens (primary N) is 1. The summed E-state index contributed by atoms with van der Waals surface area (Å²) in [4.78, 5) is 29.7. The average Bonchev–Trinajstić information content (AvgIpc) is 3.10. The summed E-state index contributed by atoms with van der Waals surface area (Å²) < 4.78 is 0. The first kappa shape index (κ1) is 21.3. The summed E-state index contributed by atoms with van der Waals surface area (Å²) in [5, 5.41) is 15.5. The zero-order chi connectivity index (χ0) is 22.8.